The lowest BCUT2D eigenvalue weighted by Crippen LogP contribution is -2.20. The molecule has 3 aromatic rings. The monoisotopic (exact) mass is 411 g/mol. The lowest BCUT2D eigenvalue weighted by atomic mass is 10.0. The lowest BCUT2D eigenvalue weighted by molar-refractivity contribution is -0.147. The zero-order chi connectivity index (χ0) is 21.7. The van der Waals surface area contributed by atoms with Crippen LogP contribution in [0, 0.1) is 6.92 Å². The number of hydrogen-bond donors (Lipinski definition) is 1. The fourth-order valence-electron chi connectivity index (χ4n) is 3.00. The topological polar surface area (TPSA) is 108 Å². The van der Waals surface area contributed by atoms with Gasteiger partial charge in [0.25, 0.3) is 0 Å². The van der Waals surface area contributed by atoms with Gasteiger partial charge in [-0.15, -0.1) is 0 Å². The molecule has 0 unspecified atom stereocenters. The number of nitrogens with zero attached hydrogens (tertiary/aromatic N) is 4. The van der Waals surface area contributed by atoms with E-state index in [1.165, 1.54) is 18.1 Å². The van der Waals surface area contributed by atoms with Gasteiger partial charge in [-0.25, -0.2) is 14.6 Å². The number of rotatable bonds is 8. The Morgan fingerprint density at radius 2 is 1.87 bits per heavy atom. The normalized spacial score (nSPS) is 12.0. The number of aromatic nitrogens is 4. The molecule has 1 aromatic carbocycles. The molecule has 1 atom stereocenters. The van der Waals surface area contributed by atoms with Crippen LogP contribution in [0.1, 0.15) is 37.4 Å². The molecule has 158 valence electrons. The van der Waals surface area contributed by atoms with Crippen LogP contribution in [0.15, 0.2) is 36.8 Å². The van der Waals surface area contributed by atoms with Crippen LogP contribution in [0.2, 0.25) is 0 Å². The van der Waals surface area contributed by atoms with Crippen LogP contribution in [0.4, 0.5) is 5.82 Å². The van der Waals surface area contributed by atoms with Gasteiger partial charge in [0.1, 0.15) is 18.7 Å². The van der Waals surface area contributed by atoms with E-state index in [0.717, 1.165) is 11.1 Å². The highest BCUT2D eigenvalue weighted by Crippen LogP contribution is 2.27. The van der Waals surface area contributed by atoms with Gasteiger partial charge in [-0.05, 0) is 26.3 Å². The van der Waals surface area contributed by atoms with E-state index in [1.807, 2.05) is 45.0 Å². The summed E-state index contributed by atoms with van der Waals surface area (Å²) in [6.45, 7) is 5.58. The molecule has 0 aliphatic carbocycles. The summed E-state index contributed by atoms with van der Waals surface area (Å²) >= 11 is 0. The third-order valence-electron chi connectivity index (χ3n) is 4.47. The average Bonchev–Trinajstić information content (AvgIpc) is 3.11. The van der Waals surface area contributed by atoms with E-state index in [0.29, 0.717) is 16.9 Å². The van der Waals surface area contributed by atoms with Crippen molar-refractivity contribution >= 4 is 28.8 Å². The number of aryl methyl sites for hydroxylation is 1. The molecule has 0 saturated heterocycles. The average molecular weight is 411 g/mol. The summed E-state index contributed by atoms with van der Waals surface area (Å²) < 4.78 is 11.5. The maximum Gasteiger partial charge on any atom is 0.327 e. The first-order chi connectivity index (χ1) is 14.4. The van der Waals surface area contributed by atoms with Gasteiger partial charge in [0.05, 0.1) is 37.3 Å². The van der Waals surface area contributed by atoms with E-state index in [-0.39, 0.29) is 31.1 Å². The third kappa shape index (κ3) is 5.11. The molecular weight excluding hydrogens is 386 g/mol. The van der Waals surface area contributed by atoms with Gasteiger partial charge >= 0.3 is 11.9 Å². The largest absolute Gasteiger partial charge is 0.468 e. The highest BCUT2D eigenvalue weighted by molar-refractivity contribution is 5.87. The molecule has 0 aliphatic rings. The van der Waals surface area contributed by atoms with Crippen molar-refractivity contribution in [2.75, 3.05) is 12.4 Å². The number of carbonyl (C=O) groups excluding carboxylic acids is 2. The Bertz CT molecular complexity index is 1030. The molecule has 0 saturated carbocycles. The lowest BCUT2D eigenvalue weighted by Gasteiger charge is -2.20. The molecule has 0 amide bonds. The number of ether oxygens (including phenoxy) is 2. The van der Waals surface area contributed by atoms with E-state index in [9.17, 15) is 9.59 Å². The second-order valence-electron chi connectivity index (χ2n) is 7.19. The van der Waals surface area contributed by atoms with Crippen molar-refractivity contribution in [2.24, 2.45) is 0 Å². The number of hydrogen-bond acceptors (Lipinski definition) is 8. The van der Waals surface area contributed by atoms with Crippen molar-refractivity contribution < 1.29 is 19.1 Å². The molecule has 0 aliphatic heterocycles. The van der Waals surface area contributed by atoms with Gasteiger partial charge in [0.2, 0.25) is 0 Å². The van der Waals surface area contributed by atoms with Crippen LogP contribution >= 0.6 is 0 Å². The number of nitrogens with one attached hydrogen (secondary N) is 1. The highest BCUT2D eigenvalue weighted by atomic mass is 16.5. The summed E-state index contributed by atoms with van der Waals surface area (Å²) in [5.41, 5.74) is 2.54. The molecule has 9 nitrogen and oxygen atoms in total. The van der Waals surface area contributed by atoms with Gasteiger partial charge in [-0.3, -0.25) is 9.59 Å². The number of carbonyl (C=O) groups is 2. The van der Waals surface area contributed by atoms with Crippen molar-refractivity contribution in [3.63, 3.8) is 0 Å². The van der Waals surface area contributed by atoms with Crippen molar-refractivity contribution in [2.45, 2.75) is 45.9 Å². The van der Waals surface area contributed by atoms with Crippen LogP contribution in [-0.4, -0.2) is 44.9 Å². The second-order valence-corrected chi connectivity index (χ2v) is 7.19. The third-order valence-corrected chi connectivity index (χ3v) is 4.47. The first-order valence-corrected chi connectivity index (χ1v) is 9.63. The molecular formula is C21H25N5O4. The Balaban J connectivity index is 1.91. The summed E-state index contributed by atoms with van der Waals surface area (Å²) in [6, 6.07) is 7.55. The van der Waals surface area contributed by atoms with Crippen LogP contribution in [-0.2, 0) is 25.6 Å². The molecule has 0 fully saturated rings. The van der Waals surface area contributed by atoms with E-state index in [1.54, 1.807) is 6.20 Å². The van der Waals surface area contributed by atoms with Crippen molar-refractivity contribution in [3.8, 4) is 0 Å². The quantitative estimate of drug-likeness (QED) is 0.564. The Morgan fingerprint density at radius 3 is 2.53 bits per heavy atom. The Kier molecular flexibility index (Phi) is 6.61. The standard InChI is InChI=1S/C21H25N5O4/c1-13(2)30-18(27)9-17(15-7-5-14(3)6-8-15)25-20-16-10-24-26(11-19(28)29-4)21(16)23-12-22-20/h5-8,10,12-13,17H,9,11H2,1-4H3,(H,22,23,25)/t17-/m0/s1. The highest BCUT2D eigenvalue weighted by Gasteiger charge is 2.21. The summed E-state index contributed by atoms with van der Waals surface area (Å²) in [7, 11) is 1.32. The molecule has 9 heteroatoms. The van der Waals surface area contributed by atoms with E-state index in [4.69, 9.17) is 9.47 Å². The number of methoxy groups -OCH3 is 1. The molecule has 3 rings (SSSR count). The Labute approximate surface area is 174 Å². The summed E-state index contributed by atoms with van der Waals surface area (Å²) in [5, 5.41) is 8.17. The fourth-order valence-corrected chi connectivity index (χ4v) is 3.00. The van der Waals surface area contributed by atoms with Crippen LogP contribution in [0.3, 0.4) is 0 Å². The molecule has 2 aromatic heterocycles. The summed E-state index contributed by atoms with van der Waals surface area (Å²) in [4.78, 5) is 32.5. The first-order valence-electron chi connectivity index (χ1n) is 9.63. The molecule has 2 heterocycles. The smallest absolute Gasteiger partial charge is 0.327 e. The van der Waals surface area contributed by atoms with E-state index < -0.39 is 5.97 Å². The minimum absolute atomic E-state index is 0.0570. The number of fused-ring (bicyclic) bond motifs is 1. The van der Waals surface area contributed by atoms with Crippen LogP contribution < -0.4 is 5.32 Å². The van der Waals surface area contributed by atoms with Crippen molar-refractivity contribution in [3.05, 3.63) is 47.9 Å². The summed E-state index contributed by atoms with van der Waals surface area (Å²) in [6.07, 6.45) is 2.90. The van der Waals surface area contributed by atoms with Crippen LogP contribution in [0.25, 0.3) is 11.0 Å². The minimum Gasteiger partial charge on any atom is -0.468 e. The molecule has 0 bridgehead atoms. The molecule has 30 heavy (non-hydrogen) atoms. The van der Waals surface area contributed by atoms with E-state index >= 15 is 0 Å². The number of esters is 2. The predicted octanol–water partition coefficient (Wildman–Crippen LogP) is 2.80. The van der Waals surface area contributed by atoms with Gasteiger partial charge in [0.15, 0.2) is 5.65 Å². The van der Waals surface area contributed by atoms with Crippen LogP contribution in [0.5, 0.6) is 0 Å². The Hall–Kier alpha value is -3.49. The molecule has 1 N–H and O–H groups in total. The zero-order valence-corrected chi connectivity index (χ0v) is 17.5. The van der Waals surface area contributed by atoms with Crippen molar-refractivity contribution in [1.82, 2.24) is 19.7 Å². The molecule has 0 spiro atoms. The SMILES string of the molecule is COC(=O)Cn1ncc2c(N[C@@H](CC(=O)OC(C)C)c3ccc(C)cc3)ncnc21. The maximum absolute atomic E-state index is 12.4. The number of benzene rings is 1. The number of anilines is 1. The fraction of sp³-hybridized carbons (Fsp3) is 0.381. The van der Waals surface area contributed by atoms with E-state index in [2.05, 4.69) is 20.4 Å². The maximum atomic E-state index is 12.4. The van der Waals surface area contributed by atoms with Crippen molar-refractivity contribution in [1.29, 1.82) is 0 Å². The second kappa shape index (κ2) is 9.34. The minimum atomic E-state index is -0.429. The zero-order valence-electron chi connectivity index (χ0n) is 17.5. The molecule has 0 radical (unpaired) electrons. The first kappa shape index (κ1) is 21.2. The van der Waals surface area contributed by atoms with Gasteiger partial charge in [-0.2, -0.15) is 5.10 Å². The Morgan fingerprint density at radius 1 is 1.13 bits per heavy atom. The predicted molar refractivity (Wildman–Crippen MR) is 111 cm³/mol. The van der Waals surface area contributed by atoms with Gasteiger partial charge in [0, 0.05) is 0 Å². The summed E-state index contributed by atoms with van der Waals surface area (Å²) in [5.74, 6) is -0.226. The van der Waals surface area contributed by atoms with Gasteiger partial charge in [-0.1, -0.05) is 29.8 Å². The van der Waals surface area contributed by atoms with Gasteiger partial charge < -0.3 is 14.8 Å².